The molecule has 1 aromatic carbocycles. The van der Waals surface area contributed by atoms with Gasteiger partial charge in [-0.25, -0.2) is 9.97 Å². The van der Waals surface area contributed by atoms with E-state index in [9.17, 15) is 0 Å². The van der Waals surface area contributed by atoms with Crippen LogP contribution in [0.3, 0.4) is 0 Å². The van der Waals surface area contributed by atoms with Crippen LogP contribution in [0.2, 0.25) is 0 Å². The Bertz CT molecular complexity index is 488. The number of benzene rings is 1. The van der Waals surface area contributed by atoms with Crippen LogP contribution in [0.4, 0.5) is 5.69 Å². The van der Waals surface area contributed by atoms with Crippen LogP contribution in [-0.2, 0) is 5.75 Å². The molecule has 0 bridgehead atoms. The number of hydrogen-bond acceptors (Lipinski definition) is 4. The van der Waals surface area contributed by atoms with Crippen molar-refractivity contribution in [1.82, 2.24) is 9.97 Å². The first-order chi connectivity index (χ1) is 8.13. The summed E-state index contributed by atoms with van der Waals surface area (Å²) >= 11 is 1.64. The van der Waals surface area contributed by atoms with E-state index in [1.807, 2.05) is 44.2 Å². The molecule has 4 heteroatoms. The van der Waals surface area contributed by atoms with Gasteiger partial charge in [0.25, 0.3) is 0 Å². The summed E-state index contributed by atoms with van der Waals surface area (Å²) in [5.41, 5.74) is 9.69. The number of thioether (sulfide) groups is 1. The predicted octanol–water partition coefficient (Wildman–Crippen LogP) is 2.97. The minimum atomic E-state index is 0.793. The third kappa shape index (κ3) is 3.46. The van der Waals surface area contributed by atoms with Crippen molar-refractivity contribution in [2.45, 2.75) is 24.8 Å². The van der Waals surface area contributed by atoms with Crippen LogP contribution in [0.25, 0.3) is 0 Å². The molecule has 1 heterocycles. The minimum absolute atomic E-state index is 0.793. The van der Waals surface area contributed by atoms with E-state index in [0.717, 1.165) is 28.0 Å². The number of nitrogen functional groups attached to an aromatic ring is 1. The van der Waals surface area contributed by atoms with Gasteiger partial charge in [0.2, 0.25) is 0 Å². The van der Waals surface area contributed by atoms with Crippen LogP contribution < -0.4 is 5.73 Å². The SMILES string of the molecule is Cc1cc(C)nc(SCc2ccc(N)cc2)n1. The number of hydrogen-bond donors (Lipinski definition) is 1. The van der Waals surface area contributed by atoms with Crippen LogP contribution in [0.15, 0.2) is 35.5 Å². The molecule has 0 aliphatic rings. The van der Waals surface area contributed by atoms with Crippen LogP contribution >= 0.6 is 11.8 Å². The van der Waals surface area contributed by atoms with Gasteiger partial charge in [-0.15, -0.1) is 0 Å². The molecule has 0 amide bonds. The molecular formula is C13H15N3S. The highest BCUT2D eigenvalue weighted by molar-refractivity contribution is 7.98. The number of nitrogens with two attached hydrogens (primary N) is 1. The standard InChI is InChI=1S/C13H15N3S/c1-9-7-10(2)16-13(15-9)17-8-11-3-5-12(14)6-4-11/h3-7H,8,14H2,1-2H3. The summed E-state index contributed by atoms with van der Waals surface area (Å²) in [6, 6.07) is 9.87. The lowest BCUT2D eigenvalue weighted by atomic mass is 10.2. The molecular weight excluding hydrogens is 230 g/mol. The summed E-state index contributed by atoms with van der Waals surface area (Å²) < 4.78 is 0. The van der Waals surface area contributed by atoms with Crippen molar-refractivity contribution in [2.24, 2.45) is 0 Å². The maximum atomic E-state index is 5.64. The molecule has 88 valence electrons. The molecule has 1 aromatic heterocycles. The summed E-state index contributed by atoms with van der Waals surface area (Å²) in [4.78, 5) is 8.79. The second-order valence-corrected chi connectivity index (χ2v) is 4.91. The maximum absolute atomic E-state index is 5.64. The van der Waals surface area contributed by atoms with Gasteiger partial charge in [0.15, 0.2) is 5.16 Å². The van der Waals surface area contributed by atoms with Crippen molar-refractivity contribution in [3.05, 3.63) is 47.3 Å². The average Bonchev–Trinajstić information content (AvgIpc) is 2.27. The third-order valence-corrected chi connectivity index (χ3v) is 3.23. The van der Waals surface area contributed by atoms with Gasteiger partial charge in [-0.3, -0.25) is 0 Å². The zero-order chi connectivity index (χ0) is 12.3. The zero-order valence-electron chi connectivity index (χ0n) is 9.97. The first-order valence-electron chi connectivity index (χ1n) is 5.43. The second kappa shape index (κ2) is 5.19. The van der Waals surface area contributed by atoms with E-state index in [4.69, 9.17) is 5.73 Å². The lowest BCUT2D eigenvalue weighted by Gasteiger charge is -2.03. The Balaban J connectivity index is 2.04. The van der Waals surface area contributed by atoms with Gasteiger partial charge in [0, 0.05) is 22.8 Å². The highest BCUT2D eigenvalue weighted by Gasteiger charge is 2.01. The molecule has 0 spiro atoms. The lowest BCUT2D eigenvalue weighted by molar-refractivity contribution is 0.902. The second-order valence-electron chi connectivity index (χ2n) is 3.96. The van der Waals surface area contributed by atoms with Crippen molar-refractivity contribution < 1.29 is 0 Å². The Labute approximate surface area is 105 Å². The first kappa shape index (κ1) is 11.9. The molecule has 2 aromatic rings. The quantitative estimate of drug-likeness (QED) is 0.513. The average molecular weight is 245 g/mol. The summed E-state index contributed by atoms with van der Waals surface area (Å²) in [6.07, 6.45) is 0. The van der Waals surface area contributed by atoms with E-state index in [1.165, 1.54) is 5.56 Å². The molecule has 0 saturated carbocycles. The van der Waals surface area contributed by atoms with Crippen molar-refractivity contribution in [1.29, 1.82) is 0 Å². The molecule has 0 unspecified atom stereocenters. The highest BCUT2D eigenvalue weighted by Crippen LogP contribution is 2.20. The number of rotatable bonds is 3. The van der Waals surface area contributed by atoms with Crippen LogP contribution in [0, 0.1) is 13.8 Å². The fourth-order valence-corrected chi connectivity index (χ4v) is 2.43. The number of anilines is 1. The largest absolute Gasteiger partial charge is 0.399 e. The van der Waals surface area contributed by atoms with Crippen molar-refractivity contribution in [3.8, 4) is 0 Å². The molecule has 17 heavy (non-hydrogen) atoms. The topological polar surface area (TPSA) is 51.8 Å². The van der Waals surface area contributed by atoms with Gasteiger partial charge in [0.1, 0.15) is 0 Å². The monoisotopic (exact) mass is 245 g/mol. The number of aromatic nitrogens is 2. The lowest BCUT2D eigenvalue weighted by Crippen LogP contribution is -1.93. The summed E-state index contributed by atoms with van der Waals surface area (Å²) in [5, 5.41) is 0.833. The van der Waals surface area contributed by atoms with Gasteiger partial charge in [-0.1, -0.05) is 23.9 Å². The summed E-state index contributed by atoms with van der Waals surface area (Å²) in [5.74, 6) is 0.864. The van der Waals surface area contributed by atoms with E-state index < -0.39 is 0 Å². The predicted molar refractivity (Wildman–Crippen MR) is 71.9 cm³/mol. The fourth-order valence-electron chi connectivity index (χ4n) is 1.52. The van der Waals surface area contributed by atoms with Crippen molar-refractivity contribution in [3.63, 3.8) is 0 Å². The Morgan fingerprint density at radius 3 is 2.24 bits per heavy atom. The maximum Gasteiger partial charge on any atom is 0.188 e. The number of aryl methyl sites for hydroxylation is 2. The molecule has 2 rings (SSSR count). The van der Waals surface area contributed by atoms with E-state index >= 15 is 0 Å². The van der Waals surface area contributed by atoms with Crippen molar-refractivity contribution >= 4 is 17.4 Å². The molecule has 0 fully saturated rings. The van der Waals surface area contributed by atoms with E-state index in [0.29, 0.717) is 0 Å². The van der Waals surface area contributed by atoms with Gasteiger partial charge in [-0.2, -0.15) is 0 Å². The summed E-state index contributed by atoms with van der Waals surface area (Å²) in [7, 11) is 0. The molecule has 0 aliphatic heterocycles. The van der Waals surface area contributed by atoms with E-state index in [1.54, 1.807) is 11.8 Å². The zero-order valence-corrected chi connectivity index (χ0v) is 10.8. The van der Waals surface area contributed by atoms with Crippen LogP contribution in [0.1, 0.15) is 17.0 Å². The highest BCUT2D eigenvalue weighted by atomic mass is 32.2. The Morgan fingerprint density at radius 1 is 1.06 bits per heavy atom. The third-order valence-electron chi connectivity index (χ3n) is 2.31. The molecule has 0 atom stereocenters. The Kier molecular flexibility index (Phi) is 3.64. The van der Waals surface area contributed by atoms with Crippen molar-refractivity contribution in [2.75, 3.05) is 5.73 Å². The Morgan fingerprint density at radius 2 is 1.65 bits per heavy atom. The summed E-state index contributed by atoms with van der Waals surface area (Å²) in [6.45, 7) is 3.98. The van der Waals surface area contributed by atoms with Gasteiger partial charge in [0.05, 0.1) is 0 Å². The fraction of sp³-hybridized carbons (Fsp3) is 0.231. The van der Waals surface area contributed by atoms with Gasteiger partial charge < -0.3 is 5.73 Å². The van der Waals surface area contributed by atoms with Gasteiger partial charge >= 0.3 is 0 Å². The number of nitrogens with zero attached hydrogens (tertiary/aromatic N) is 2. The molecule has 0 saturated heterocycles. The normalized spacial score (nSPS) is 10.5. The van der Waals surface area contributed by atoms with Crippen LogP contribution in [0.5, 0.6) is 0 Å². The molecule has 2 N–H and O–H groups in total. The van der Waals surface area contributed by atoms with E-state index in [2.05, 4.69) is 9.97 Å². The van der Waals surface area contributed by atoms with Crippen LogP contribution in [-0.4, -0.2) is 9.97 Å². The molecule has 0 aliphatic carbocycles. The minimum Gasteiger partial charge on any atom is -0.399 e. The van der Waals surface area contributed by atoms with Gasteiger partial charge in [-0.05, 0) is 37.6 Å². The molecule has 0 radical (unpaired) electrons. The van der Waals surface area contributed by atoms with E-state index in [-0.39, 0.29) is 0 Å². The smallest absolute Gasteiger partial charge is 0.188 e. The molecule has 3 nitrogen and oxygen atoms in total. The Hall–Kier alpha value is -1.55. The first-order valence-corrected chi connectivity index (χ1v) is 6.41.